The van der Waals surface area contributed by atoms with Crippen LogP contribution in [0.2, 0.25) is 0 Å². The van der Waals surface area contributed by atoms with E-state index in [9.17, 15) is 0 Å². The Kier molecular flexibility index (Phi) is 5.48. The number of hydrogen-bond acceptors (Lipinski definition) is 4. The summed E-state index contributed by atoms with van der Waals surface area (Å²) in [5.74, 6) is -0.614. The largest absolute Gasteiger partial charge is 0.346 e. The van der Waals surface area contributed by atoms with Crippen LogP contribution in [0.4, 0.5) is 0 Å². The van der Waals surface area contributed by atoms with Gasteiger partial charge in [-0.05, 0) is 27.7 Å². The highest BCUT2D eigenvalue weighted by atomic mass is 16.7. The van der Waals surface area contributed by atoms with Gasteiger partial charge in [0.1, 0.15) is 0 Å². The Balaban J connectivity index is 3.92. The van der Waals surface area contributed by atoms with E-state index < -0.39 is 5.79 Å². The van der Waals surface area contributed by atoms with Crippen molar-refractivity contribution in [1.29, 1.82) is 0 Å². The molecule has 0 aromatic rings. The molecule has 2 unspecified atom stereocenters. The second-order valence-corrected chi connectivity index (χ2v) is 3.73. The Hall–Kier alpha value is -0.160. The van der Waals surface area contributed by atoms with Gasteiger partial charge in [-0.2, -0.15) is 0 Å². The molecule has 0 aliphatic carbocycles. The third-order valence-electron chi connectivity index (χ3n) is 1.63. The Morgan fingerprint density at radius 2 is 1.31 bits per heavy atom. The van der Waals surface area contributed by atoms with Crippen molar-refractivity contribution in [3.8, 4) is 0 Å². The van der Waals surface area contributed by atoms with Crippen molar-refractivity contribution < 1.29 is 9.47 Å². The summed E-state index contributed by atoms with van der Waals surface area (Å²) in [6, 6.07) is 0. The molecule has 0 heterocycles. The van der Waals surface area contributed by atoms with Crippen LogP contribution in [0.3, 0.4) is 0 Å². The fourth-order valence-corrected chi connectivity index (χ4v) is 1.09. The highest BCUT2D eigenvalue weighted by molar-refractivity contribution is 4.62. The summed E-state index contributed by atoms with van der Waals surface area (Å²) >= 11 is 0. The number of hydrogen-bond donors (Lipinski definition) is 2. The van der Waals surface area contributed by atoms with Crippen molar-refractivity contribution in [3.63, 3.8) is 0 Å². The van der Waals surface area contributed by atoms with Crippen LogP contribution in [-0.4, -0.2) is 31.1 Å². The van der Waals surface area contributed by atoms with Gasteiger partial charge in [0.25, 0.3) is 0 Å². The van der Waals surface area contributed by atoms with Crippen LogP contribution >= 0.6 is 0 Å². The van der Waals surface area contributed by atoms with E-state index in [-0.39, 0.29) is 12.2 Å². The maximum atomic E-state index is 5.56. The molecule has 0 bridgehead atoms. The third kappa shape index (κ3) is 5.99. The zero-order valence-corrected chi connectivity index (χ0v) is 9.04. The molecule has 0 radical (unpaired) electrons. The summed E-state index contributed by atoms with van der Waals surface area (Å²) in [5.41, 5.74) is 10.9. The van der Waals surface area contributed by atoms with Crippen molar-refractivity contribution in [1.82, 2.24) is 0 Å². The maximum absolute atomic E-state index is 5.56. The molecule has 0 saturated heterocycles. The Morgan fingerprint density at radius 1 is 1.00 bits per heavy atom. The molecule has 0 aliphatic rings. The minimum atomic E-state index is -0.614. The van der Waals surface area contributed by atoms with Gasteiger partial charge < -0.3 is 20.9 Å². The van der Waals surface area contributed by atoms with Gasteiger partial charge in [0.2, 0.25) is 0 Å². The maximum Gasteiger partial charge on any atom is 0.163 e. The molecule has 4 heteroatoms. The zero-order chi connectivity index (χ0) is 10.5. The van der Waals surface area contributed by atoms with Gasteiger partial charge >= 0.3 is 0 Å². The smallest absolute Gasteiger partial charge is 0.163 e. The average Bonchev–Trinajstić information content (AvgIpc) is 2.02. The zero-order valence-electron chi connectivity index (χ0n) is 9.04. The van der Waals surface area contributed by atoms with Crippen LogP contribution in [-0.2, 0) is 9.47 Å². The minimum absolute atomic E-state index is 0.0000236. The quantitative estimate of drug-likeness (QED) is 0.597. The van der Waals surface area contributed by atoms with Crippen LogP contribution in [0.1, 0.15) is 27.7 Å². The summed E-state index contributed by atoms with van der Waals surface area (Å²) in [6.07, 6.45) is -0.0000472. The number of rotatable bonds is 6. The first-order valence-corrected chi connectivity index (χ1v) is 4.67. The van der Waals surface area contributed by atoms with Crippen LogP contribution in [0, 0.1) is 0 Å². The second-order valence-electron chi connectivity index (χ2n) is 3.73. The van der Waals surface area contributed by atoms with Crippen molar-refractivity contribution in [2.45, 2.75) is 45.7 Å². The first kappa shape index (κ1) is 12.8. The highest BCUT2D eigenvalue weighted by Crippen LogP contribution is 2.15. The lowest BCUT2D eigenvalue weighted by molar-refractivity contribution is -0.248. The molecular weight excluding hydrogens is 168 g/mol. The molecule has 0 aliphatic heterocycles. The molecule has 2 atom stereocenters. The predicted molar refractivity (Wildman–Crippen MR) is 53.3 cm³/mol. The van der Waals surface area contributed by atoms with Crippen LogP contribution in [0.15, 0.2) is 0 Å². The van der Waals surface area contributed by atoms with Crippen molar-refractivity contribution >= 4 is 0 Å². The van der Waals surface area contributed by atoms with Crippen molar-refractivity contribution in [2.75, 3.05) is 13.1 Å². The fourth-order valence-electron chi connectivity index (χ4n) is 1.09. The fraction of sp³-hybridized carbons (Fsp3) is 1.00. The van der Waals surface area contributed by atoms with Gasteiger partial charge in [-0.15, -0.1) is 0 Å². The summed E-state index contributed by atoms with van der Waals surface area (Å²) < 4.78 is 11.1. The van der Waals surface area contributed by atoms with Gasteiger partial charge in [0.15, 0.2) is 5.79 Å². The van der Waals surface area contributed by atoms with Crippen LogP contribution in [0.25, 0.3) is 0 Å². The molecule has 4 N–H and O–H groups in total. The molecule has 0 rings (SSSR count). The molecule has 0 saturated carbocycles. The molecule has 0 amide bonds. The normalized spacial score (nSPS) is 17.1. The first-order chi connectivity index (χ1) is 5.91. The van der Waals surface area contributed by atoms with E-state index in [4.69, 9.17) is 20.9 Å². The van der Waals surface area contributed by atoms with Gasteiger partial charge in [-0.1, -0.05) is 0 Å². The lowest BCUT2D eigenvalue weighted by Gasteiger charge is -2.31. The molecule has 4 nitrogen and oxygen atoms in total. The Bertz CT molecular complexity index is 126. The summed E-state index contributed by atoms with van der Waals surface area (Å²) in [4.78, 5) is 0. The van der Waals surface area contributed by atoms with E-state index >= 15 is 0 Å². The summed E-state index contributed by atoms with van der Waals surface area (Å²) in [5, 5.41) is 0. The van der Waals surface area contributed by atoms with E-state index in [1.807, 2.05) is 27.7 Å². The Labute approximate surface area is 80.6 Å². The highest BCUT2D eigenvalue weighted by Gasteiger charge is 2.23. The topological polar surface area (TPSA) is 70.5 Å². The van der Waals surface area contributed by atoms with Gasteiger partial charge in [0, 0.05) is 13.1 Å². The number of nitrogens with two attached hydrogens (primary N) is 2. The van der Waals surface area contributed by atoms with Crippen LogP contribution < -0.4 is 11.5 Å². The summed E-state index contributed by atoms with van der Waals surface area (Å²) in [7, 11) is 0. The molecule has 0 spiro atoms. The first-order valence-electron chi connectivity index (χ1n) is 4.67. The van der Waals surface area contributed by atoms with Crippen molar-refractivity contribution in [2.24, 2.45) is 11.5 Å². The lowest BCUT2D eigenvalue weighted by Crippen LogP contribution is -2.39. The molecular formula is C9H22N2O2. The second kappa shape index (κ2) is 5.54. The van der Waals surface area contributed by atoms with E-state index in [1.165, 1.54) is 0 Å². The van der Waals surface area contributed by atoms with Crippen molar-refractivity contribution in [3.05, 3.63) is 0 Å². The SMILES string of the molecule is CC(CN)OC(C)(C)OC(C)CN. The third-order valence-corrected chi connectivity index (χ3v) is 1.63. The van der Waals surface area contributed by atoms with Crippen LogP contribution in [0.5, 0.6) is 0 Å². The standard InChI is InChI=1S/C9H22N2O2/c1-7(5-10)12-9(3,4)13-8(2)6-11/h7-8H,5-6,10-11H2,1-4H3. The Morgan fingerprint density at radius 3 is 1.54 bits per heavy atom. The molecule has 80 valence electrons. The van der Waals surface area contributed by atoms with Gasteiger partial charge in [-0.25, -0.2) is 0 Å². The molecule has 0 fully saturated rings. The number of ether oxygens (including phenoxy) is 2. The van der Waals surface area contributed by atoms with E-state index in [0.29, 0.717) is 13.1 Å². The molecule has 0 aromatic carbocycles. The monoisotopic (exact) mass is 190 g/mol. The predicted octanol–water partition coefficient (Wildman–Crippen LogP) is 0.450. The van der Waals surface area contributed by atoms with E-state index in [1.54, 1.807) is 0 Å². The molecule has 13 heavy (non-hydrogen) atoms. The lowest BCUT2D eigenvalue weighted by atomic mass is 10.3. The summed E-state index contributed by atoms with van der Waals surface area (Å²) in [6.45, 7) is 8.54. The van der Waals surface area contributed by atoms with Gasteiger partial charge in [0.05, 0.1) is 12.2 Å². The van der Waals surface area contributed by atoms with E-state index in [0.717, 1.165) is 0 Å². The average molecular weight is 190 g/mol. The minimum Gasteiger partial charge on any atom is -0.346 e. The van der Waals surface area contributed by atoms with Gasteiger partial charge in [-0.3, -0.25) is 0 Å². The molecule has 0 aromatic heterocycles. The van der Waals surface area contributed by atoms with E-state index in [2.05, 4.69) is 0 Å².